The highest BCUT2D eigenvalue weighted by Crippen LogP contribution is 1.95. The molecule has 0 aliphatic carbocycles. The number of nitrogens with zero attached hydrogens (tertiary/aromatic N) is 2. The fourth-order valence-electron chi connectivity index (χ4n) is 2.15. The van der Waals surface area contributed by atoms with Gasteiger partial charge < -0.3 is 20.1 Å². The number of carbonyl (C=O) groups is 1. The summed E-state index contributed by atoms with van der Waals surface area (Å²) in [6, 6.07) is 0. The predicted molar refractivity (Wildman–Crippen MR) is 103 cm³/mol. The average Bonchev–Trinajstić information content (AvgIpc) is 2.53. The standard InChI is InChI=1S/C15H30N4O3.HI/c1-3-16-15(17-7-5-6-14(20)22-4-2)18-8-9-19-10-12-21-13-11-19;/h3-13H2,1-2H3,(H2,16,17,18);1H. The topological polar surface area (TPSA) is 75.2 Å². The van der Waals surface area contributed by atoms with Crippen molar-refractivity contribution in [1.29, 1.82) is 0 Å². The summed E-state index contributed by atoms with van der Waals surface area (Å²) in [4.78, 5) is 18.1. The van der Waals surface area contributed by atoms with E-state index in [-0.39, 0.29) is 29.9 Å². The highest BCUT2D eigenvalue weighted by molar-refractivity contribution is 14.0. The summed E-state index contributed by atoms with van der Waals surface area (Å²) in [5.41, 5.74) is 0. The molecule has 0 aromatic carbocycles. The van der Waals surface area contributed by atoms with Crippen LogP contribution in [0.1, 0.15) is 26.7 Å². The number of halogens is 1. The lowest BCUT2D eigenvalue weighted by atomic mass is 10.3. The van der Waals surface area contributed by atoms with E-state index in [2.05, 4.69) is 20.5 Å². The Morgan fingerprint density at radius 2 is 2.00 bits per heavy atom. The van der Waals surface area contributed by atoms with Crippen molar-refractivity contribution in [2.24, 2.45) is 4.99 Å². The van der Waals surface area contributed by atoms with Gasteiger partial charge in [0, 0.05) is 45.7 Å². The van der Waals surface area contributed by atoms with Crippen molar-refractivity contribution in [3.05, 3.63) is 0 Å². The molecule has 0 spiro atoms. The number of aliphatic imine (C=N–C) groups is 1. The Hall–Kier alpha value is -0.610. The number of ether oxygens (including phenoxy) is 2. The Morgan fingerprint density at radius 3 is 2.65 bits per heavy atom. The largest absolute Gasteiger partial charge is 0.466 e. The highest BCUT2D eigenvalue weighted by Gasteiger charge is 2.09. The van der Waals surface area contributed by atoms with Gasteiger partial charge in [-0.25, -0.2) is 0 Å². The number of carbonyl (C=O) groups excluding carboxylic acids is 1. The van der Waals surface area contributed by atoms with Gasteiger partial charge in [0.15, 0.2) is 5.96 Å². The minimum absolute atomic E-state index is 0. The fraction of sp³-hybridized carbons (Fsp3) is 0.867. The molecular weight excluding hydrogens is 411 g/mol. The molecule has 0 aromatic rings. The summed E-state index contributed by atoms with van der Waals surface area (Å²) in [7, 11) is 0. The minimum Gasteiger partial charge on any atom is -0.466 e. The summed E-state index contributed by atoms with van der Waals surface area (Å²) >= 11 is 0. The van der Waals surface area contributed by atoms with Crippen LogP contribution >= 0.6 is 24.0 Å². The van der Waals surface area contributed by atoms with E-state index in [4.69, 9.17) is 9.47 Å². The van der Waals surface area contributed by atoms with E-state index < -0.39 is 0 Å². The van der Waals surface area contributed by atoms with E-state index in [0.29, 0.717) is 26.0 Å². The summed E-state index contributed by atoms with van der Waals surface area (Å²) in [6.45, 7) is 11.2. The number of hydrogen-bond acceptors (Lipinski definition) is 5. The lowest BCUT2D eigenvalue weighted by Gasteiger charge is -2.26. The van der Waals surface area contributed by atoms with Gasteiger partial charge in [-0.2, -0.15) is 0 Å². The van der Waals surface area contributed by atoms with Crippen LogP contribution in [0.4, 0.5) is 0 Å². The molecule has 7 nitrogen and oxygen atoms in total. The molecule has 8 heteroatoms. The molecule has 136 valence electrons. The van der Waals surface area contributed by atoms with Gasteiger partial charge in [-0.1, -0.05) is 0 Å². The maximum atomic E-state index is 11.2. The van der Waals surface area contributed by atoms with E-state index in [1.165, 1.54) is 0 Å². The summed E-state index contributed by atoms with van der Waals surface area (Å²) in [5.74, 6) is 0.655. The van der Waals surface area contributed by atoms with Crippen LogP contribution in [-0.4, -0.2) is 75.9 Å². The van der Waals surface area contributed by atoms with E-state index in [9.17, 15) is 4.79 Å². The third-order valence-corrected chi connectivity index (χ3v) is 3.28. The first kappa shape index (κ1) is 22.4. The van der Waals surface area contributed by atoms with Crippen molar-refractivity contribution in [2.75, 3.05) is 59.1 Å². The Balaban J connectivity index is 0.00000484. The monoisotopic (exact) mass is 442 g/mol. The first-order valence-corrected chi connectivity index (χ1v) is 8.24. The van der Waals surface area contributed by atoms with Gasteiger partial charge in [-0.3, -0.25) is 14.7 Å². The van der Waals surface area contributed by atoms with E-state index in [0.717, 1.165) is 51.9 Å². The number of guanidine groups is 1. The second-order valence-corrected chi connectivity index (χ2v) is 5.05. The maximum Gasteiger partial charge on any atom is 0.305 e. The van der Waals surface area contributed by atoms with Crippen molar-refractivity contribution in [1.82, 2.24) is 15.5 Å². The zero-order valence-electron chi connectivity index (χ0n) is 14.3. The maximum absolute atomic E-state index is 11.2. The molecule has 0 saturated carbocycles. The van der Waals surface area contributed by atoms with Crippen molar-refractivity contribution >= 4 is 35.9 Å². The van der Waals surface area contributed by atoms with Crippen LogP contribution in [0.25, 0.3) is 0 Å². The van der Waals surface area contributed by atoms with Crippen LogP contribution in [-0.2, 0) is 14.3 Å². The van der Waals surface area contributed by atoms with Gasteiger partial charge in [0.1, 0.15) is 0 Å². The molecule has 0 atom stereocenters. The number of esters is 1. The zero-order valence-corrected chi connectivity index (χ0v) is 16.6. The molecule has 1 aliphatic heterocycles. The Morgan fingerprint density at radius 1 is 1.26 bits per heavy atom. The van der Waals surface area contributed by atoms with Crippen LogP contribution in [0.2, 0.25) is 0 Å². The average molecular weight is 442 g/mol. The predicted octanol–water partition coefficient (Wildman–Crippen LogP) is 0.835. The summed E-state index contributed by atoms with van der Waals surface area (Å²) in [5, 5.41) is 6.53. The van der Waals surface area contributed by atoms with Crippen LogP contribution in [0.3, 0.4) is 0 Å². The van der Waals surface area contributed by atoms with Crippen molar-refractivity contribution in [3.63, 3.8) is 0 Å². The third kappa shape index (κ3) is 11.5. The molecule has 1 fully saturated rings. The van der Waals surface area contributed by atoms with E-state index in [1.807, 2.05) is 13.8 Å². The molecular formula is C15H31IN4O3. The Labute approximate surface area is 156 Å². The fourth-order valence-corrected chi connectivity index (χ4v) is 2.15. The minimum atomic E-state index is -0.150. The lowest BCUT2D eigenvalue weighted by Crippen LogP contribution is -2.44. The number of rotatable bonds is 9. The molecule has 0 aromatic heterocycles. The van der Waals surface area contributed by atoms with Crippen LogP contribution in [0.15, 0.2) is 4.99 Å². The van der Waals surface area contributed by atoms with E-state index >= 15 is 0 Å². The van der Waals surface area contributed by atoms with Gasteiger partial charge >= 0.3 is 5.97 Å². The van der Waals surface area contributed by atoms with Gasteiger partial charge in [-0.05, 0) is 20.3 Å². The molecule has 1 rings (SSSR count). The zero-order chi connectivity index (χ0) is 16.0. The molecule has 0 bridgehead atoms. The second-order valence-electron chi connectivity index (χ2n) is 5.05. The smallest absolute Gasteiger partial charge is 0.305 e. The number of hydrogen-bond donors (Lipinski definition) is 2. The Kier molecular flexibility index (Phi) is 14.6. The highest BCUT2D eigenvalue weighted by atomic mass is 127. The number of nitrogens with one attached hydrogen (secondary N) is 2. The van der Waals surface area contributed by atoms with Gasteiger partial charge in [0.05, 0.1) is 19.8 Å². The van der Waals surface area contributed by atoms with Gasteiger partial charge in [-0.15, -0.1) is 24.0 Å². The molecule has 0 amide bonds. The molecule has 1 aliphatic rings. The van der Waals surface area contributed by atoms with Crippen molar-refractivity contribution in [2.45, 2.75) is 26.7 Å². The van der Waals surface area contributed by atoms with Gasteiger partial charge in [0.25, 0.3) is 0 Å². The molecule has 23 heavy (non-hydrogen) atoms. The summed E-state index contributed by atoms with van der Waals surface area (Å²) < 4.78 is 10.2. The van der Waals surface area contributed by atoms with Crippen LogP contribution in [0, 0.1) is 0 Å². The van der Waals surface area contributed by atoms with E-state index in [1.54, 1.807) is 0 Å². The van der Waals surface area contributed by atoms with Crippen molar-refractivity contribution in [3.8, 4) is 0 Å². The quantitative estimate of drug-likeness (QED) is 0.181. The lowest BCUT2D eigenvalue weighted by molar-refractivity contribution is -0.143. The first-order chi connectivity index (χ1) is 10.8. The SMILES string of the molecule is CCNC(=NCCCC(=O)OCC)NCCN1CCOCC1.I. The third-order valence-electron chi connectivity index (χ3n) is 3.28. The van der Waals surface area contributed by atoms with Crippen molar-refractivity contribution < 1.29 is 14.3 Å². The summed E-state index contributed by atoms with van der Waals surface area (Å²) in [6.07, 6.45) is 1.13. The Bertz CT molecular complexity index is 337. The van der Waals surface area contributed by atoms with Crippen LogP contribution in [0.5, 0.6) is 0 Å². The molecule has 1 saturated heterocycles. The molecule has 1 heterocycles. The second kappa shape index (κ2) is 14.9. The number of morpholine rings is 1. The molecule has 0 radical (unpaired) electrons. The first-order valence-electron chi connectivity index (χ1n) is 8.24. The van der Waals surface area contributed by atoms with Crippen LogP contribution < -0.4 is 10.6 Å². The normalized spacial score (nSPS) is 15.7. The molecule has 0 unspecified atom stereocenters. The molecule has 2 N–H and O–H groups in total. The van der Waals surface area contributed by atoms with Gasteiger partial charge in [0.2, 0.25) is 0 Å².